The lowest BCUT2D eigenvalue weighted by Gasteiger charge is -2.20. The van der Waals surface area contributed by atoms with Gasteiger partial charge in [0.1, 0.15) is 6.54 Å². The molecule has 1 aromatic carbocycles. The van der Waals surface area contributed by atoms with Gasteiger partial charge in [0.05, 0.1) is 17.7 Å². The third kappa shape index (κ3) is 4.36. The molecule has 23 heavy (non-hydrogen) atoms. The summed E-state index contributed by atoms with van der Waals surface area (Å²) in [6.07, 6.45) is 0.746. The smallest absolute Gasteiger partial charge is 0.240 e. The Labute approximate surface area is 143 Å². The number of benzene rings is 1. The van der Waals surface area contributed by atoms with E-state index in [2.05, 4.69) is 17.4 Å². The number of rotatable bonds is 6. The molecule has 6 heteroatoms. The number of thiophene rings is 1. The van der Waals surface area contributed by atoms with Crippen LogP contribution in [0.3, 0.4) is 0 Å². The molecule has 1 saturated heterocycles. The van der Waals surface area contributed by atoms with E-state index < -0.39 is 0 Å². The molecule has 0 radical (unpaired) electrons. The Hall–Kier alpha value is -1.79. The lowest BCUT2D eigenvalue weighted by atomic mass is 10.0. The van der Waals surface area contributed by atoms with Crippen molar-refractivity contribution in [1.29, 1.82) is 0 Å². The number of carbonyl (C=O) groups excluding carboxylic acids is 2. The molecule has 2 amide bonds. The van der Waals surface area contributed by atoms with Crippen LogP contribution in [0, 0.1) is 0 Å². The maximum Gasteiger partial charge on any atom is 0.240 e. The zero-order valence-corrected chi connectivity index (χ0v) is 14.2. The first-order valence-corrected chi connectivity index (χ1v) is 9.48. The van der Waals surface area contributed by atoms with Gasteiger partial charge in [0.25, 0.3) is 0 Å². The zero-order valence-electron chi connectivity index (χ0n) is 12.6. The maximum atomic E-state index is 12.3. The molecule has 0 spiro atoms. The van der Waals surface area contributed by atoms with Crippen molar-refractivity contribution in [3.8, 4) is 0 Å². The van der Waals surface area contributed by atoms with Gasteiger partial charge in [-0.1, -0.05) is 36.4 Å². The fraction of sp³-hybridized carbons (Fsp3) is 0.294. The van der Waals surface area contributed by atoms with Crippen LogP contribution in [0.4, 0.5) is 0 Å². The SMILES string of the molecule is O=C(CN1CSCC1=O)N[C@H](Cc1ccccc1)c1cccs1. The maximum absolute atomic E-state index is 12.3. The van der Waals surface area contributed by atoms with E-state index in [9.17, 15) is 9.59 Å². The fourth-order valence-electron chi connectivity index (χ4n) is 2.52. The first kappa shape index (κ1) is 16.1. The average molecular weight is 346 g/mol. The zero-order chi connectivity index (χ0) is 16.1. The third-order valence-corrected chi connectivity index (χ3v) is 5.60. The summed E-state index contributed by atoms with van der Waals surface area (Å²) in [6, 6.07) is 14.1. The van der Waals surface area contributed by atoms with Crippen molar-refractivity contribution in [2.24, 2.45) is 0 Å². The van der Waals surface area contributed by atoms with E-state index in [1.807, 2.05) is 35.7 Å². The predicted molar refractivity (Wildman–Crippen MR) is 94.4 cm³/mol. The van der Waals surface area contributed by atoms with Crippen LogP contribution in [0.25, 0.3) is 0 Å². The fourth-order valence-corrected chi connectivity index (χ4v) is 4.20. The number of hydrogen-bond acceptors (Lipinski definition) is 4. The summed E-state index contributed by atoms with van der Waals surface area (Å²) in [5.74, 6) is 1.02. The van der Waals surface area contributed by atoms with Crippen LogP contribution in [0.2, 0.25) is 0 Å². The van der Waals surface area contributed by atoms with Gasteiger partial charge in [-0.3, -0.25) is 9.59 Å². The van der Waals surface area contributed by atoms with Gasteiger partial charge in [-0.15, -0.1) is 23.1 Å². The van der Waals surface area contributed by atoms with E-state index in [4.69, 9.17) is 0 Å². The molecule has 1 atom stereocenters. The van der Waals surface area contributed by atoms with Crippen molar-refractivity contribution >= 4 is 34.9 Å². The normalized spacial score (nSPS) is 15.7. The molecular weight excluding hydrogens is 328 g/mol. The molecule has 1 aliphatic rings. The summed E-state index contributed by atoms with van der Waals surface area (Å²) < 4.78 is 0. The lowest BCUT2D eigenvalue weighted by Crippen LogP contribution is -2.40. The second kappa shape index (κ2) is 7.66. The van der Waals surface area contributed by atoms with E-state index in [0.717, 1.165) is 11.3 Å². The van der Waals surface area contributed by atoms with Gasteiger partial charge in [-0.25, -0.2) is 0 Å². The van der Waals surface area contributed by atoms with Gasteiger partial charge in [-0.2, -0.15) is 0 Å². The largest absolute Gasteiger partial charge is 0.347 e. The van der Waals surface area contributed by atoms with Crippen molar-refractivity contribution in [3.05, 3.63) is 58.3 Å². The van der Waals surface area contributed by atoms with Crippen molar-refractivity contribution in [1.82, 2.24) is 10.2 Å². The summed E-state index contributed by atoms with van der Waals surface area (Å²) >= 11 is 3.19. The molecule has 1 aromatic heterocycles. The third-order valence-electron chi connectivity index (χ3n) is 3.66. The summed E-state index contributed by atoms with van der Waals surface area (Å²) in [7, 11) is 0. The first-order valence-electron chi connectivity index (χ1n) is 7.44. The second-order valence-electron chi connectivity index (χ2n) is 5.39. The minimum atomic E-state index is -0.102. The minimum Gasteiger partial charge on any atom is -0.347 e. The molecule has 2 heterocycles. The van der Waals surface area contributed by atoms with E-state index >= 15 is 0 Å². The molecule has 3 rings (SSSR count). The molecule has 1 aliphatic heterocycles. The van der Waals surface area contributed by atoms with Crippen LogP contribution in [0.1, 0.15) is 16.5 Å². The Bertz CT molecular complexity index is 658. The number of nitrogens with zero attached hydrogens (tertiary/aromatic N) is 1. The van der Waals surface area contributed by atoms with E-state index in [0.29, 0.717) is 11.6 Å². The van der Waals surface area contributed by atoms with E-state index in [1.165, 1.54) is 5.56 Å². The highest BCUT2D eigenvalue weighted by molar-refractivity contribution is 8.00. The highest BCUT2D eigenvalue weighted by atomic mass is 32.2. The Balaban J connectivity index is 1.66. The number of amides is 2. The second-order valence-corrected chi connectivity index (χ2v) is 7.33. The summed E-state index contributed by atoms with van der Waals surface area (Å²) in [5.41, 5.74) is 1.18. The number of nitrogens with one attached hydrogen (secondary N) is 1. The topological polar surface area (TPSA) is 49.4 Å². The highest BCUT2D eigenvalue weighted by Gasteiger charge is 2.24. The van der Waals surface area contributed by atoms with Gasteiger partial charge in [0.15, 0.2) is 0 Å². The van der Waals surface area contributed by atoms with Crippen LogP contribution in [-0.4, -0.2) is 34.9 Å². The van der Waals surface area contributed by atoms with Crippen molar-refractivity contribution in [2.75, 3.05) is 18.2 Å². The Morgan fingerprint density at radius 2 is 2.04 bits per heavy atom. The predicted octanol–water partition coefficient (Wildman–Crippen LogP) is 2.68. The molecule has 4 nitrogen and oxygen atoms in total. The molecule has 1 N–H and O–H groups in total. The summed E-state index contributed by atoms with van der Waals surface area (Å²) in [5, 5.41) is 5.10. The number of carbonyl (C=O) groups is 2. The monoisotopic (exact) mass is 346 g/mol. The Morgan fingerprint density at radius 3 is 2.70 bits per heavy atom. The molecule has 120 valence electrons. The molecular formula is C17H18N2O2S2. The lowest BCUT2D eigenvalue weighted by molar-refractivity contribution is -0.132. The van der Waals surface area contributed by atoms with Gasteiger partial charge in [-0.05, 0) is 23.4 Å². The molecule has 1 fully saturated rings. The average Bonchev–Trinajstić information content (AvgIpc) is 3.20. The molecule has 0 bridgehead atoms. The summed E-state index contributed by atoms with van der Waals surface area (Å²) in [6.45, 7) is 0.141. The van der Waals surface area contributed by atoms with E-state index in [1.54, 1.807) is 28.0 Å². The highest BCUT2D eigenvalue weighted by Crippen LogP contribution is 2.23. The van der Waals surface area contributed by atoms with Gasteiger partial charge in [0.2, 0.25) is 11.8 Å². The van der Waals surface area contributed by atoms with E-state index in [-0.39, 0.29) is 24.4 Å². The van der Waals surface area contributed by atoms with Crippen molar-refractivity contribution < 1.29 is 9.59 Å². The van der Waals surface area contributed by atoms with Crippen LogP contribution in [0.5, 0.6) is 0 Å². The van der Waals surface area contributed by atoms with Crippen LogP contribution in [-0.2, 0) is 16.0 Å². The number of hydrogen-bond donors (Lipinski definition) is 1. The molecule has 0 saturated carbocycles. The number of thioether (sulfide) groups is 1. The van der Waals surface area contributed by atoms with Crippen LogP contribution >= 0.6 is 23.1 Å². The van der Waals surface area contributed by atoms with Gasteiger partial charge < -0.3 is 10.2 Å². The minimum absolute atomic E-state index is 0.0425. The van der Waals surface area contributed by atoms with Crippen molar-refractivity contribution in [3.63, 3.8) is 0 Å². The van der Waals surface area contributed by atoms with Crippen LogP contribution in [0.15, 0.2) is 47.8 Å². The Kier molecular flexibility index (Phi) is 5.35. The van der Waals surface area contributed by atoms with Gasteiger partial charge in [0, 0.05) is 4.88 Å². The van der Waals surface area contributed by atoms with Crippen molar-refractivity contribution in [2.45, 2.75) is 12.5 Å². The first-order chi connectivity index (χ1) is 11.2. The van der Waals surface area contributed by atoms with Gasteiger partial charge >= 0.3 is 0 Å². The molecule has 0 unspecified atom stereocenters. The summed E-state index contributed by atoms with van der Waals surface area (Å²) in [4.78, 5) is 26.7. The van der Waals surface area contributed by atoms with Crippen LogP contribution < -0.4 is 5.32 Å². The molecule has 2 aromatic rings. The Morgan fingerprint density at radius 1 is 1.22 bits per heavy atom. The molecule has 0 aliphatic carbocycles. The standard InChI is InChI=1S/C17H18N2O2S2/c20-16(10-19-12-22-11-17(19)21)18-14(15-7-4-8-23-15)9-13-5-2-1-3-6-13/h1-8,14H,9-12H2,(H,18,20)/t14-/m1/s1. The quantitative estimate of drug-likeness (QED) is 0.875.